The molecule has 116 valence electrons. The monoisotopic (exact) mass is 291 g/mol. The van der Waals surface area contributed by atoms with E-state index in [2.05, 4.69) is 39.8 Å². The first-order valence-electron chi connectivity index (χ1n) is 7.18. The van der Waals surface area contributed by atoms with Crippen molar-refractivity contribution in [3.63, 3.8) is 0 Å². The van der Waals surface area contributed by atoms with Crippen LogP contribution in [0.2, 0.25) is 0 Å². The molecule has 0 bridgehead atoms. The predicted octanol–water partition coefficient (Wildman–Crippen LogP) is 1.54. The number of carbonyl (C=O) groups excluding carboxylic acids is 1. The van der Waals surface area contributed by atoms with Crippen molar-refractivity contribution in [1.29, 1.82) is 0 Å². The molecule has 0 radical (unpaired) electrons. The Hall–Kier alpha value is -2.11. The summed E-state index contributed by atoms with van der Waals surface area (Å²) in [5.41, 5.74) is 1.06. The predicted molar refractivity (Wildman–Crippen MR) is 86.4 cm³/mol. The van der Waals surface area contributed by atoms with Crippen LogP contribution in [-0.4, -0.2) is 37.0 Å². The third kappa shape index (κ3) is 7.29. The molecule has 1 rings (SSSR count). The maximum Gasteiger partial charge on any atom is 0.227 e. The quantitative estimate of drug-likeness (QED) is 0.549. The second kappa shape index (κ2) is 8.94. The highest BCUT2D eigenvalue weighted by molar-refractivity contribution is 5.90. The molecule has 0 fully saturated rings. The number of aliphatic imine (C=N–C) groups is 1. The molecule has 0 spiro atoms. The van der Waals surface area contributed by atoms with Gasteiger partial charge in [-0.2, -0.15) is 0 Å². The van der Waals surface area contributed by atoms with Crippen LogP contribution in [0.3, 0.4) is 0 Å². The van der Waals surface area contributed by atoms with E-state index in [-0.39, 0.29) is 5.91 Å². The van der Waals surface area contributed by atoms with Gasteiger partial charge >= 0.3 is 0 Å². The van der Waals surface area contributed by atoms with Gasteiger partial charge in [-0.15, -0.1) is 0 Å². The van der Waals surface area contributed by atoms with E-state index < -0.39 is 0 Å². The molecule has 0 aliphatic rings. The summed E-state index contributed by atoms with van der Waals surface area (Å²) < 4.78 is 0. The fraction of sp³-hybridized carbons (Fsp3) is 0.533. The molecule has 0 saturated carbocycles. The summed E-state index contributed by atoms with van der Waals surface area (Å²) in [6, 6.07) is 3.71. The highest BCUT2D eigenvalue weighted by Gasteiger charge is 2.04. The number of guanidine groups is 1. The fourth-order valence-corrected chi connectivity index (χ4v) is 1.56. The van der Waals surface area contributed by atoms with Crippen LogP contribution in [-0.2, 0) is 4.79 Å². The molecule has 0 aliphatic carbocycles. The van der Waals surface area contributed by atoms with Gasteiger partial charge in [0.15, 0.2) is 5.96 Å². The minimum Gasteiger partial charge on any atom is -0.356 e. The Balaban J connectivity index is 2.28. The van der Waals surface area contributed by atoms with Gasteiger partial charge in [0, 0.05) is 32.8 Å². The van der Waals surface area contributed by atoms with Crippen LogP contribution < -0.4 is 16.0 Å². The number of hydrogen-bond donors (Lipinski definition) is 3. The number of anilines is 1. The van der Waals surface area contributed by atoms with Crippen LogP contribution in [0.4, 0.5) is 5.82 Å². The first kappa shape index (κ1) is 16.9. The molecule has 0 saturated heterocycles. The van der Waals surface area contributed by atoms with Crippen LogP contribution >= 0.6 is 0 Å². The summed E-state index contributed by atoms with van der Waals surface area (Å²) in [5, 5.41) is 9.06. The number of amides is 1. The van der Waals surface area contributed by atoms with E-state index >= 15 is 0 Å². The Morgan fingerprint density at radius 3 is 2.67 bits per heavy atom. The molecule has 1 amide bonds. The van der Waals surface area contributed by atoms with E-state index in [1.54, 1.807) is 19.3 Å². The molecule has 1 aromatic heterocycles. The maximum atomic E-state index is 11.8. The highest BCUT2D eigenvalue weighted by atomic mass is 16.1. The Bertz CT molecular complexity index is 467. The van der Waals surface area contributed by atoms with Crippen molar-refractivity contribution in [1.82, 2.24) is 15.6 Å². The zero-order valence-corrected chi connectivity index (χ0v) is 13.2. The lowest BCUT2D eigenvalue weighted by atomic mass is 10.2. The third-order valence-corrected chi connectivity index (χ3v) is 2.72. The van der Waals surface area contributed by atoms with Crippen LogP contribution in [0.15, 0.2) is 23.3 Å². The van der Waals surface area contributed by atoms with Crippen LogP contribution in [0, 0.1) is 12.8 Å². The summed E-state index contributed by atoms with van der Waals surface area (Å²) in [5.74, 6) is 1.76. The normalized spacial score (nSPS) is 11.4. The van der Waals surface area contributed by atoms with Gasteiger partial charge in [-0.3, -0.25) is 9.79 Å². The number of carbonyl (C=O) groups is 1. The largest absolute Gasteiger partial charge is 0.356 e. The standard InChI is InChI=1S/C15H25N5O/c1-11(2)9-19-15(16-4)17-8-7-14(21)20-13-6-5-12(3)10-18-13/h5-6,10-11H,7-9H2,1-4H3,(H2,16,17,19)(H,18,20,21). The Labute approximate surface area is 126 Å². The molecule has 0 unspecified atom stereocenters. The molecule has 0 aliphatic heterocycles. The van der Waals surface area contributed by atoms with E-state index in [1.807, 2.05) is 13.0 Å². The Morgan fingerprint density at radius 2 is 2.10 bits per heavy atom. The van der Waals surface area contributed by atoms with E-state index in [9.17, 15) is 4.79 Å². The molecule has 6 nitrogen and oxygen atoms in total. The van der Waals surface area contributed by atoms with Crippen molar-refractivity contribution >= 4 is 17.7 Å². The lowest BCUT2D eigenvalue weighted by molar-refractivity contribution is -0.116. The summed E-state index contributed by atoms with van der Waals surface area (Å²) in [6.07, 6.45) is 2.09. The van der Waals surface area contributed by atoms with Crippen molar-refractivity contribution in [2.75, 3.05) is 25.5 Å². The molecular weight excluding hydrogens is 266 g/mol. The lowest BCUT2D eigenvalue weighted by Gasteiger charge is -2.13. The summed E-state index contributed by atoms with van der Waals surface area (Å²) >= 11 is 0. The second-order valence-corrected chi connectivity index (χ2v) is 5.29. The van der Waals surface area contributed by atoms with E-state index in [0.29, 0.717) is 30.7 Å². The van der Waals surface area contributed by atoms with Gasteiger partial charge in [-0.1, -0.05) is 19.9 Å². The Kier molecular flexibility index (Phi) is 7.21. The Morgan fingerprint density at radius 1 is 1.33 bits per heavy atom. The molecule has 3 N–H and O–H groups in total. The number of aryl methyl sites for hydroxylation is 1. The van der Waals surface area contributed by atoms with Gasteiger partial charge < -0.3 is 16.0 Å². The molecule has 6 heteroatoms. The average molecular weight is 291 g/mol. The van der Waals surface area contributed by atoms with Crippen LogP contribution in [0.25, 0.3) is 0 Å². The smallest absolute Gasteiger partial charge is 0.227 e. The molecule has 0 atom stereocenters. The zero-order valence-electron chi connectivity index (χ0n) is 13.2. The molecule has 1 heterocycles. The first-order chi connectivity index (χ1) is 10.0. The van der Waals surface area contributed by atoms with Gasteiger partial charge in [0.1, 0.15) is 5.82 Å². The minimum atomic E-state index is -0.0711. The number of rotatable bonds is 6. The third-order valence-electron chi connectivity index (χ3n) is 2.72. The van der Waals surface area contributed by atoms with Crippen molar-refractivity contribution in [2.24, 2.45) is 10.9 Å². The van der Waals surface area contributed by atoms with Gasteiger partial charge in [0.05, 0.1) is 0 Å². The van der Waals surface area contributed by atoms with Crippen molar-refractivity contribution in [3.05, 3.63) is 23.9 Å². The number of aromatic nitrogens is 1. The number of pyridine rings is 1. The van der Waals surface area contributed by atoms with E-state index in [4.69, 9.17) is 0 Å². The van der Waals surface area contributed by atoms with Crippen LogP contribution in [0.5, 0.6) is 0 Å². The maximum absolute atomic E-state index is 11.8. The first-order valence-corrected chi connectivity index (χ1v) is 7.18. The van der Waals surface area contributed by atoms with Gasteiger partial charge in [0.25, 0.3) is 0 Å². The van der Waals surface area contributed by atoms with Crippen molar-refractivity contribution in [3.8, 4) is 0 Å². The lowest BCUT2D eigenvalue weighted by Crippen LogP contribution is -2.40. The number of nitrogens with one attached hydrogen (secondary N) is 3. The fourth-order valence-electron chi connectivity index (χ4n) is 1.56. The molecule has 0 aromatic carbocycles. The van der Waals surface area contributed by atoms with E-state index in [1.165, 1.54) is 0 Å². The second-order valence-electron chi connectivity index (χ2n) is 5.29. The van der Waals surface area contributed by atoms with Crippen molar-refractivity contribution < 1.29 is 4.79 Å². The minimum absolute atomic E-state index is 0.0711. The molecule has 1 aromatic rings. The number of hydrogen-bond acceptors (Lipinski definition) is 3. The van der Waals surface area contributed by atoms with E-state index in [0.717, 1.165) is 12.1 Å². The van der Waals surface area contributed by atoms with Crippen molar-refractivity contribution in [2.45, 2.75) is 27.2 Å². The SMILES string of the molecule is CN=C(NCCC(=O)Nc1ccc(C)cn1)NCC(C)C. The van der Waals surface area contributed by atoms with Gasteiger partial charge in [-0.05, 0) is 24.5 Å². The average Bonchev–Trinajstić information content (AvgIpc) is 2.45. The van der Waals surface area contributed by atoms with Gasteiger partial charge in [-0.25, -0.2) is 4.98 Å². The molecular formula is C15H25N5O. The highest BCUT2D eigenvalue weighted by Crippen LogP contribution is 2.03. The topological polar surface area (TPSA) is 78.4 Å². The zero-order chi connectivity index (χ0) is 15.7. The summed E-state index contributed by atoms with van der Waals surface area (Å²) in [7, 11) is 1.71. The summed E-state index contributed by atoms with van der Waals surface area (Å²) in [6.45, 7) is 7.58. The van der Waals surface area contributed by atoms with Gasteiger partial charge in [0.2, 0.25) is 5.91 Å². The van der Waals surface area contributed by atoms with Crippen LogP contribution in [0.1, 0.15) is 25.8 Å². The molecule has 21 heavy (non-hydrogen) atoms. The number of nitrogens with zero attached hydrogens (tertiary/aromatic N) is 2. The summed E-state index contributed by atoms with van der Waals surface area (Å²) in [4.78, 5) is 20.0.